The number of rotatable bonds is 3. The molecule has 5 nitrogen and oxygen atoms in total. The average Bonchev–Trinajstić information content (AvgIpc) is 2.72. The van der Waals surface area contributed by atoms with Gasteiger partial charge in [0.15, 0.2) is 0 Å². The maximum absolute atomic E-state index is 11.6. The van der Waals surface area contributed by atoms with Crippen LogP contribution in [-0.2, 0) is 16.0 Å². The van der Waals surface area contributed by atoms with E-state index in [9.17, 15) is 4.79 Å². The molecule has 1 unspecified atom stereocenters. The Balaban J connectivity index is 2.13. The van der Waals surface area contributed by atoms with Crippen molar-refractivity contribution in [3.8, 4) is 0 Å². The van der Waals surface area contributed by atoms with Crippen LogP contribution in [0.5, 0.6) is 0 Å². The highest BCUT2D eigenvalue weighted by Crippen LogP contribution is 2.17. The van der Waals surface area contributed by atoms with E-state index in [1.54, 1.807) is 6.20 Å². The van der Waals surface area contributed by atoms with E-state index in [4.69, 9.17) is 9.47 Å². The average molecular weight is 238 g/mol. The second kappa shape index (κ2) is 5.31. The Hall–Kier alpha value is -1.36. The topological polar surface area (TPSA) is 53.3 Å². The first-order valence-electron chi connectivity index (χ1n) is 5.94. The normalized spacial score (nSPS) is 20.2. The number of imidazole rings is 1. The second-order valence-electron chi connectivity index (χ2n) is 4.28. The summed E-state index contributed by atoms with van der Waals surface area (Å²) in [5, 5.41) is 0. The highest BCUT2D eigenvalue weighted by molar-refractivity contribution is 5.87. The molecule has 0 aromatic carbocycles. The molecule has 2 heterocycles. The number of hydrogen-bond donors (Lipinski definition) is 0. The maximum atomic E-state index is 11.6. The zero-order valence-electron chi connectivity index (χ0n) is 10.3. The molecular formula is C12H18N2O3. The smallest absolute Gasteiger partial charge is 0.356 e. The molecule has 0 bridgehead atoms. The number of aromatic nitrogens is 2. The lowest BCUT2D eigenvalue weighted by molar-refractivity contribution is 0.00491. The summed E-state index contributed by atoms with van der Waals surface area (Å²) in [5.41, 5.74) is 0.499. The lowest BCUT2D eigenvalue weighted by Crippen LogP contribution is -2.26. The fraction of sp³-hybridized carbons (Fsp3) is 0.667. The highest BCUT2D eigenvalue weighted by Gasteiger charge is 2.20. The van der Waals surface area contributed by atoms with Crippen LogP contribution < -0.4 is 0 Å². The number of methoxy groups -OCH3 is 1. The molecule has 1 aromatic heterocycles. The first-order valence-corrected chi connectivity index (χ1v) is 5.94. The minimum absolute atomic E-state index is 0.181. The van der Waals surface area contributed by atoms with Crippen molar-refractivity contribution in [2.24, 2.45) is 0 Å². The molecule has 2 rings (SSSR count). The summed E-state index contributed by atoms with van der Waals surface area (Å²) in [6.07, 6.45) is 5.09. The Kier molecular flexibility index (Phi) is 3.78. The number of carbonyl (C=O) groups excluding carboxylic acids is 1. The largest absolute Gasteiger partial charge is 0.464 e. The van der Waals surface area contributed by atoms with E-state index in [2.05, 4.69) is 4.98 Å². The number of aryl methyl sites for hydroxylation is 1. The van der Waals surface area contributed by atoms with Gasteiger partial charge in [0.25, 0.3) is 0 Å². The van der Waals surface area contributed by atoms with E-state index in [1.165, 1.54) is 13.5 Å². The van der Waals surface area contributed by atoms with Crippen molar-refractivity contribution in [3.63, 3.8) is 0 Å². The quantitative estimate of drug-likeness (QED) is 0.750. The van der Waals surface area contributed by atoms with Crippen LogP contribution in [0.4, 0.5) is 0 Å². The van der Waals surface area contributed by atoms with Gasteiger partial charge in [0, 0.05) is 6.61 Å². The highest BCUT2D eigenvalue weighted by atomic mass is 16.5. The standard InChI is InChI=1S/C12H18N2O3/c1-9-13-7-11(12(15)16-2)14(9)8-10-5-3-4-6-17-10/h7,10H,3-6,8H2,1-2H3. The molecule has 5 heteroatoms. The van der Waals surface area contributed by atoms with E-state index < -0.39 is 0 Å². The van der Waals surface area contributed by atoms with Crippen molar-refractivity contribution in [3.05, 3.63) is 17.7 Å². The van der Waals surface area contributed by atoms with Gasteiger partial charge in [0.1, 0.15) is 11.5 Å². The number of carbonyl (C=O) groups is 1. The van der Waals surface area contributed by atoms with Gasteiger partial charge in [-0.1, -0.05) is 0 Å². The fourth-order valence-electron chi connectivity index (χ4n) is 2.12. The van der Waals surface area contributed by atoms with Crippen LogP contribution in [0.15, 0.2) is 6.20 Å². The van der Waals surface area contributed by atoms with E-state index in [0.717, 1.165) is 25.3 Å². The molecule has 1 fully saturated rings. The first kappa shape index (κ1) is 12.1. The van der Waals surface area contributed by atoms with Crippen molar-refractivity contribution in [1.82, 2.24) is 9.55 Å². The molecule has 0 amide bonds. The summed E-state index contributed by atoms with van der Waals surface area (Å²) in [6.45, 7) is 3.37. The summed E-state index contributed by atoms with van der Waals surface area (Å²) in [7, 11) is 1.38. The van der Waals surface area contributed by atoms with Gasteiger partial charge in [-0.25, -0.2) is 9.78 Å². The van der Waals surface area contributed by atoms with Crippen molar-refractivity contribution in [2.45, 2.75) is 38.8 Å². The molecule has 0 N–H and O–H groups in total. The molecule has 0 aliphatic carbocycles. The molecule has 1 atom stereocenters. The third-order valence-corrected chi connectivity index (χ3v) is 3.11. The van der Waals surface area contributed by atoms with Gasteiger partial charge in [0.2, 0.25) is 0 Å². The minimum atomic E-state index is -0.346. The molecule has 1 aliphatic heterocycles. The molecule has 0 saturated carbocycles. The second-order valence-corrected chi connectivity index (χ2v) is 4.28. The molecular weight excluding hydrogens is 220 g/mol. The lowest BCUT2D eigenvalue weighted by atomic mass is 10.1. The SMILES string of the molecule is COC(=O)c1cnc(C)n1CC1CCCCO1. The zero-order valence-corrected chi connectivity index (χ0v) is 10.3. The summed E-state index contributed by atoms with van der Waals surface area (Å²) < 4.78 is 12.3. The first-order chi connectivity index (χ1) is 8.22. The van der Waals surface area contributed by atoms with Crippen molar-refractivity contribution < 1.29 is 14.3 Å². The number of hydrogen-bond acceptors (Lipinski definition) is 4. The number of esters is 1. The van der Waals surface area contributed by atoms with Crippen LogP contribution >= 0.6 is 0 Å². The molecule has 1 aliphatic rings. The van der Waals surface area contributed by atoms with Crippen molar-refractivity contribution in [2.75, 3.05) is 13.7 Å². The Morgan fingerprint density at radius 3 is 3.12 bits per heavy atom. The van der Waals surface area contributed by atoms with E-state index in [0.29, 0.717) is 12.2 Å². The maximum Gasteiger partial charge on any atom is 0.356 e. The zero-order chi connectivity index (χ0) is 12.3. The predicted octanol–water partition coefficient (Wildman–Crippen LogP) is 1.55. The molecule has 0 radical (unpaired) electrons. The lowest BCUT2D eigenvalue weighted by Gasteiger charge is -2.24. The summed E-state index contributed by atoms with van der Waals surface area (Å²) in [4.78, 5) is 15.7. The Bertz CT molecular complexity index is 394. The number of ether oxygens (including phenoxy) is 2. The van der Waals surface area contributed by atoms with Gasteiger partial charge in [-0.3, -0.25) is 0 Å². The van der Waals surface area contributed by atoms with Crippen LogP contribution in [0.3, 0.4) is 0 Å². The van der Waals surface area contributed by atoms with Crippen LogP contribution in [0.25, 0.3) is 0 Å². The minimum Gasteiger partial charge on any atom is -0.464 e. The van der Waals surface area contributed by atoms with Gasteiger partial charge in [0.05, 0.1) is 26.0 Å². The third-order valence-electron chi connectivity index (χ3n) is 3.11. The third kappa shape index (κ3) is 2.66. The summed E-state index contributed by atoms with van der Waals surface area (Å²) in [5.74, 6) is 0.473. The van der Waals surface area contributed by atoms with Crippen LogP contribution in [0.1, 0.15) is 35.6 Å². The molecule has 0 spiro atoms. The molecule has 17 heavy (non-hydrogen) atoms. The van der Waals surface area contributed by atoms with Gasteiger partial charge in [-0.2, -0.15) is 0 Å². The van der Waals surface area contributed by atoms with Crippen LogP contribution in [0.2, 0.25) is 0 Å². The van der Waals surface area contributed by atoms with Gasteiger partial charge < -0.3 is 14.0 Å². The van der Waals surface area contributed by atoms with Gasteiger partial charge >= 0.3 is 5.97 Å². The van der Waals surface area contributed by atoms with Crippen LogP contribution in [-0.4, -0.2) is 35.3 Å². The monoisotopic (exact) mass is 238 g/mol. The van der Waals surface area contributed by atoms with Crippen molar-refractivity contribution >= 4 is 5.97 Å². The van der Waals surface area contributed by atoms with Crippen LogP contribution in [0, 0.1) is 6.92 Å². The van der Waals surface area contributed by atoms with Crippen molar-refractivity contribution in [1.29, 1.82) is 0 Å². The van der Waals surface area contributed by atoms with E-state index >= 15 is 0 Å². The summed E-state index contributed by atoms with van der Waals surface area (Å²) >= 11 is 0. The van der Waals surface area contributed by atoms with Gasteiger partial charge in [-0.05, 0) is 26.2 Å². The molecule has 94 valence electrons. The molecule has 1 aromatic rings. The number of nitrogens with zero attached hydrogens (tertiary/aromatic N) is 2. The fourth-order valence-corrected chi connectivity index (χ4v) is 2.12. The van der Waals surface area contributed by atoms with E-state index in [-0.39, 0.29) is 12.1 Å². The summed E-state index contributed by atoms with van der Waals surface area (Å²) in [6, 6.07) is 0. The van der Waals surface area contributed by atoms with E-state index in [1.807, 2.05) is 11.5 Å². The predicted molar refractivity (Wildman–Crippen MR) is 61.9 cm³/mol. The Morgan fingerprint density at radius 2 is 2.47 bits per heavy atom. The van der Waals surface area contributed by atoms with Gasteiger partial charge in [-0.15, -0.1) is 0 Å². The molecule has 1 saturated heterocycles. The Morgan fingerprint density at radius 1 is 1.65 bits per heavy atom. The Labute approximate surface area is 101 Å².